The van der Waals surface area contributed by atoms with Crippen LogP contribution >= 0.6 is 0 Å². The molecule has 162 valence electrons. The molecule has 1 aliphatic carbocycles. The first-order chi connectivity index (χ1) is 15.0. The summed E-state index contributed by atoms with van der Waals surface area (Å²) >= 11 is 0. The van der Waals surface area contributed by atoms with Gasteiger partial charge in [-0.1, -0.05) is 6.92 Å². The van der Waals surface area contributed by atoms with Crippen molar-refractivity contribution in [1.82, 2.24) is 25.6 Å². The van der Waals surface area contributed by atoms with Gasteiger partial charge < -0.3 is 20.9 Å². The number of hydrogen-bond donors (Lipinski definition) is 4. The number of nitrogens with one attached hydrogen (secondary N) is 4. The summed E-state index contributed by atoms with van der Waals surface area (Å²) in [5.41, 5.74) is 5.56. The highest BCUT2D eigenvalue weighted by atomic mass is 16.1. The zero-order chi connectivity index (χ0) is 22.0. The van der Waals surface area contributed by atoms with Gasteiger partial charge in [-0.3, -0.25) is 14.6 Å². The molecule has 1 saturated carbocycles. The Hall–Kier alpha value is -3.26. The lowest BCUT2D eigenvalue weighted by Crippen LogP contribution is -2.21. The predicted molar refractivity (Wildman–Crippen MR) is 121 cm³/mol. The van der Waals surface area contributed by atoms with Gasteiger partial charge in [-0.25, -0.2) is 4.98 Å². The third-order valence-electron chi connectivity index (χ3n) is 5.80. The molecule has 0 spiro atoms. The van der Waals surface area contributed by atoms with Crippen LogP contribution in [0, 0.1) is 12.8 Å². The molecule has 4 N–H and O–H groups in total. The lowest BCUT2D eigenvalue weighted by Gasteiger charge is -2.10. The highest BCUT2D eigenvalue weighted by Crippen LogP contribution is 2.31. The van der Waals surface area contributed by atoms with E-state index in [4.69, 9.17) is 0 Å². The lowest BCUT2D eigenvalue weighted by molar-refractivity contribution is 0.0958. The number of fused-ring (bicyclic) bond motifs is 1. The minimum atomic E-state index is -0.181. The third-order valence-corrected chi connectivity index (χ3v) is 5.80. The van der Waals surface area contributed by atoms with Gasteiger partial charge in [0.2, 0.25) is 0 Å². The van der Waals surface area contributed by atoms with Crippen molar-refractivity contribution in [2.75, 3.05) is 18.9 Å². The number of aromatic nitrogens is 3. The Kier molecular flexibility index (Phi) is 5.99. The molecule has 0 saturated heterocycles. The van der Waals surface area contributed by atoms with Crippen molar-refractivity contribution in [1.29, 1.82) is 0 Å². The summed E-state index contributed by atoms with van der Waals surface area (Å²) in [5.74, 6) is 0.359. The Morgan fingerprint density at radius 1 is 1.29 bits per heavy atom. The Bertz CT molecular complexity index is 1170. The minimum Gasteiger partial charge on any atom is -0.383 e. The van der Waals surface area contributed by atoms with Crippen LogP contribution in [0.5, 0.6) is 0 Å². The Balaban J connectivity index is 1.29. The highest BCUT2D eigenvalue weighted by molar-refractivity contribution is 5.92. The maximum atomic E-state index is 12.0. The fourth-order valence-corrected chi connectivity index (χ4v) is 3.74. The average Bonchev–Trinajstić information content (AvgIpc) is 3.54. The molecule has 2 unspecified atom stereocenters. The molecule has 8 nitrogen and oxygen atoms in total. The van der Waals surface area contributed by atoms with Crippen LogP contribution in [0.3, 0.4) is 0 Å². The number of amides is 1. The molecule has 0 aliphatic heterocycles. The van der Waals surface area contributed by atoms with E-state index in [0.717, 1.165) is 46.5 Å². The summed E-state index contributed by atoms with van der Waals surface area (Å²) in [5, 5.41) is 9.60. The molecule has 8 heteroatoms. The molecule has 0 radical (unpaired) electrons. The van der Waals surface area contributed by atoms with Crippen molar-refractivity contribution in [2.24, 2.45) is 5.92 Å². The first-order valence-corrected chi connectivity index (χ1v) is 10.7. The highest BCUT2D eigenvalue weighted by Gasteiger charge is 2.36. The number of nitrogens with zero attached hydrogens (tertiary/aromatic N) is 2. The van der Waals surface area contributed by atoms with Gasteiger partial charge in [-0.15, -0.1) is 0 Å². The van der Waals surface area contributed by atoms with Gasteiger partial charge in [0.1, 0.15) is 5.69 Å². The average molecular weight is 421 g/mol. The van der Waals surface area contributed by atoms with E-state index >= 15 is 0 Å². The molecule has 0 aromatic carbocycles. The van der Waals surface area contributed by atoms with Crippen molar-refractivity contribution in [2.45, 2.75) is 39.3 Å². The monoisotopic (exact) mass is 420 g/mol. The Morgan fingerprint density at radius 2 is 2.13 bits per heavy atom. The maximum absolute atomic E-state index is 12.0. The molecule has 31 heavy (non-hydrogen) atoms. The van der Waals surface area contributed by atoms with Crippen LogP contribution in [0.2, 0.25) is 0 Å². The number of carbonyl (C=O) groups is 1. The summed E-state index contributed by atoms with van der Waals surface area (Å²) in [4.78, 5) is 35.5. The molecule has 3 aromatic rings. The van der Waals surface area contributed by atoms with Crippen LogP contribution in [0.1, 0.15) is 40.7 Å². The van der Waals surface area contributed by atoms with Gasteiger partial charge in [0.05, 0.1) is 22.4 Å². The van der Waals surface area contributed by atoms with E-state index in [2.05, 4.69) is 30.9 Å². The first-order valence-electron chi connectivity index (χ1n) is 10.7. The van der Waals surface area contributed by atoms with Crippen molar-refractivity contribution in [3.63, 3.8) is 0 Å². The molecule has 3 aromatic heterocycles. The summed E-state index contributed by atoms with van der Waals surface area (Å²) in [6, 6.07) is 7.95. The number of aromatic amines is 1. The van der Waals surface area contributed by atoms with Gasteiger partial charge in [0, 0.05) is 37.9 Å². The van der Waals surface area contributed by atoms with E-state index in [1.165, 1.54) is 0 Å². The van der Waals surface area contributed by atoms with Crippen LogP contribution in [-0.4, -0.2) is 40.5 Å². The van der Waals surface area contributed by atoms with Gasteiger partial charge in [0.25, 0.3) is 11.5 Å². The molecular weight excluding hydrogens is 392 g/mol. The van der Waals surface area contributed by atoms with Gasteiger partial charge in [0.15, 0.2) is 0 Å². The van der Waals surface area contributed by atoms with E-state index in [0.29, 0.717) is 30.6 Å². The normalized spacial score (nSPS) is 17.5. The summed E-state index contributed by atoms with van der Waals surface area (Å²) in [6.07, 6.45) is 3.67. The summed E-state index contributed by atoms with van der Waals surface area (Å²) < 4.78 is 0. The smallest absolute Gasteiger partial charge is 0.269 e. The van der Waals surface area contributed by atoms with Crippen molar-refractivity contribution < 1.29 is 4.79 Å². The fourth-order valence-electron chi connectivity index (χ4n) is 3.74. The lowest BCUT2D eigenvalue weighted by atomic mass is 10.1. The van der Waals surface area contributed by atoms with Gasteiger partial charge in [-0.2, -0.15) is 0 Å². The molecule has 4 rings (SSSR count). The summed E-state index contributed by atoms with van der Waals surface area (Å²) in [6.45, 7) is 5.43. The zero-order valence-electron chi connectivity index (χ0n) is 18.1. The largest absolute Gasteiger partial charge is 0.383 e. The topological polar surface area (TPSA) is 112 Å². The van der Waals surface area contributed by atoms with E-state index in [1.54, 1.807) is 13.1 Å². The number of anilines is 1. The number of rotatable bonds is 8. The van der Waals surface area contributed by atoms with Crippen LogP contribution in [0.25, 0.3) is 11.0 Å². The molecule has 0 bridgehead atoms. The standard InChI is InChI=1S/C23H28N6O2/c1-4-15-8-20-21(29-22(15)30)7-14(11-26-20)10-25-19-9-16(19)12-27-17-5-6-18(23(31)24-3)28-13(17)2/h5-8,11,16,19,25,27H,4,9-10,12H2,1-3H3,(H,24,31)(H,29,30). The van der Waals surface area contributed by atoms with Crippen LogP contribution in [-0.2, 0) is 13.0 Å². The van der Waals surface area contributed by atoms with Gasteiger partial charge >= 0.3 is 0 Å². The fraction of sp³-hybridized carbons (Fsp3) is 0.391. The van der Waals surface area contributed by atoms with Crippen molar-refractivity contribution in [3.05, 3.63) is 63.3 Å². The molecular formula is C23H28N6O2. The van der Waals surface area contributed by atoms with Gasteiger partial charge in [-0.05, 0) is 55.5 Å². The number of carbonyl (C=O) groups excluding carboxylic acids is 1. The molecule has 2 atom stereocenters. The molecule has 1 fully saturated rings. The van der Waals surface area contributed by atoms with Crippen LogP contribution < -0.4 is 21.5 Å². The van der Waals surface area contributed by atoms with E-state index in [9.17, 15) is 9.59 Å². The number of aryl methyl sites for hydroxylation is 2. The second kappa shape index (κ2) is 8.85. The number of H-pyrrole nitrogens is 1. The van der Waals surface area contributed by atoms with Crippen LogP contribution in [0.4, 0.5) is 5.69 Å². The summed E-state index contributed by atoms with van der Waals surface area (Å²) in [7, 11) is 1.60. The number of hydrogen-bond acceptors (Lipinski definition) is 6. The van der Waals surface area contributed by atoms with E-state index in [1.807, 2.05) is 38.2 Å². The van der Waals surface area contributed by atoms with Crippen molar-refractivity contribution in [3.8, 4) is 0 Å². The third kappa shape index (κ3) is 4.74. The minimum absolute atomic E-state index is 0.0385. The predicted octanol–water partition coefficient (Wildman–Crippen LogP) is 2.14. The van der Waals surface area contributed by atoms with Crippen LogP contribution in [0.15, 0.2) is 35.3 Å². The van der Waals surface area contributed by atoms with E-state index in [-0.39, 0.29) is 11.5 Å². The molecule has 1 aliphatic rings. The second-order valence-electron chi connectivity index (χ2n) is 8.03. The maximum Gasteiger partial charge on any atom is 0.269 e. The molecule has 3 heterocycles. The Labute approximate surface area is 180 Å². The first kappa shape index (κ1) is 21.0. The van der Waals surface area contributed by atoms with Crippen molar-refractivity contribution >= 4 is 22.6 Å². The SMILES string of the molecule is CCc1cc2ncc(CNC3CC3CNc3ccc(C(=O)NC)nc3C)cc2[nH]c1=O. The Morgan fingerprint density at radius 3 is 2.87 bits per heavy atom. The zero-order valence-corrected chi connectivity index (χ0v) is 18.1. The quantitative estimate of drug-likeness (QED) is 0.444. The second-order valence-corrected chi connectivity index (χ2v) is 8.03. The number of pyridine rings is 3. The van der Waals surface area contributed by atoms with E-state index < -0.39 is 0 Å². The molecule has 1 amide bonds.